The molecule has 0 spiro atoms. The van der Waals surface area contributed by atoms with Crippen LogP contribution in [0.1, 0.15) is 56.2 Å². The number of ether oxygens (including phenoxy) is 2. The molecular weight excluding hydrogens is 504 g/mol. The molecule has 0 radical (unpaired) electrons. The molecule has 1 aliphatic heterocycles. The van der Waals surface area contributed by atoms with Gasteiger partial charge in [-0.3, -0.25) is 14.5 Å². The molecular formula is C32H42N4O4. The highest BCUT2D eigenvalue weighted by Crippen LogP contribution is 2.28. The topological polar surface area (TPSA) is 86.9 Å². The van der Waals surface area contributed by atoms with Crippen molar-refractivity contribution in [3.05, 3.63) is 65.9 Å². The molecule has 2 amide bonds. The van der Waals surface area contributed by atoms with Gasteiger partial charge in [-0.15, -0.1) is 0 Å². The summed E-state index contributed by atoms with van der Waals surface area (Å²) in [5.74, 6) is 0.587. The summed E-state index contributed by atoms with van der Waals surface area (Å²) in [4.78, 5) is 35.6. The zero-order chi connectivity index (χ0) is 27.7. The molecule has 2 heterocycles. The number of morpholine rings is 1. The van der Waals surface area contributed by atoms with Crippen molar-refractivity contribution in [1.82, 2.24) is 20.1 Å². The predicted octanol–water partition coefficient (Wildman–Crippen LogP) is 4.46. The van der Waals surface area contributed by atoms with Gasteiger partial charge in [0.25, 0.3) is 0 Å². The van der Waals surface area contributed by atoms with Crippen molar-refractivity contribution in [2.45, 2.75) is 57.5 Å². The Bertz CT molecular complexity index is 1250. The molecule has 0 bridgehead atoms. The number of rotatable bonds is 11. The molecule has 2 aromatic carbocycles. The first-order valence-electron chi connectivity index (χ1n) is 14.8. The van der Waals surface area contributed by atoms with Gasteiger partial charge in [-0.2, -0.15) is 0 Å². The molecule has 8 heteroatoms. The maximum Gasteiger partial charge on any atom is 0.247 e. The number of nitrogens with one attached hydrogen (secondary N) is 2. The summed E-state index contributed by atoms with van der Waals surface area (Å²) in [6.07, 6.45) is 7.56. The molecule has 2 fully saturated rings. The lowest BCUT2D eigenvalue weighted by molar-refractivity contribution is -0.141. The lowest BCUT2D eigenvalue weighted by Gasteiger charge is -2.35. The second-order valence-electron chi connectivity index (χ2n) is 10.8. The van der Waals surface area contributed by atoms with Crippen LogP contribution in [-0.4, -0.2) is 78.6 Å². The lowest BCUT2D eigenvalue weighted by Crippen LogP contribution is -2.50. The van der Waals surface area contributed by atoms with Crippen molar-refractivity contribution >= 4 is 22.7 Å². The maximum absolute atomic E-state index is 14.2. The van der Waals surface area contributed by atoms with E-state index in [2.05, 4.69) is 15.2 Å². The van der Waals surface area contributed by atoms with Crippen LogP contribution in [0.3, 0.4) is 0 Å². The van der Waals surface area contributed by atoms with Gasteiger partial charge >= 0.3 is 0 Å². The Balaban J connectivity index is 1.45. The van der Waals surface area contributed by atoms with E-state index in [1.807, 2.05) is 61.7 Å². The molecule has 1 aromatic heterocycles. The number of hydrogen-bond acceptors (Lipinski definition) is 5. The maximum atomic E-state index is 14.2. The quantitative estimate of drug-likeness (QED) is 0.371. The van der Waals surface area contributed by atoms with Gasteiger partial charge in [0.05, 0.1) is 26.2 Å². The van der Waals surface area contributed by atoms with E-state index < -0.39 is 6.04 Å². The number of H-pyrrole nitrogens is 1. The minimum Gasteiger partial charge on any atom is -0.494 e. The Labute approximate surface area is 237 Å². The smallest absolute Gasteiger partial charge is 0.247 e. The fourth-order valence-corrected chi connectivity index (χ4v) is 5.93. The first-order chi connectivity index (χ1) is 19.6. The lowest BCUT2D eigenvalue weighted by atomic mass is 9.94. The van der Waals surface area contributed by atoms with Gasteiger partial charge in [0, 0.05) is 49.3 Å². The molecule has 0 unspecified atom stereocenters. The SMILES string of the molecule is CCOc1ccc([C@H](C(=O)NC2CCCCC2)N(CCN2CCOCC2)C(=O)Cc2c[nH]c3ccccc23)cc1. The van der Waals surface area contributed by atoms with E-state index >= 15 is 0 Å². The van der Waals surface area contributed by atoms with Gasteiger partial charge in [0.1, 0.15) is 11.8 Å². The van der Waals surface area contributed by atoms with Crippen LogP contribution < -0.4 is 10.1 Å². The van der Waals surface area contributed by atoms with E-state index in [-0.39, 0.29) is 24.3 Å². The first kappa shape index (κ1) is 28.2. The van der Waals surface area contributed by atoms with Crippen LogP contribution in [0.25, 0.3) is 10.9 Å². The van der Waals surface area contributed by atoms with Crippen LogP contribution >= 0.6 is 0 Å². The molecule has 1 saturated heterocycles. The number of hydrogen-bond donors (Lipinski definition) is 2. The van der Waals surface area contributed by atoms with Gasteiger partial charge < -0.3 is 24.7 Å². The van der Waals surface area contributed by atoms with Gasteiger partial charge in [0.2, 0.25) is 11.8 Å². The summed E-state index contributed by atoms with van der Waals surface area (Å²) in [6, 6.07) is 15.1. The standard InChI is InChI=1S/C32H42N4O4/c1-2-40-27-14-12-24(13-15-27)31(32(38)34-26-8-4-3-5-9-26)36(17-16-35-18-20-39-21-19-35)30(37)22-25-23-33-29-11-7-6-10-28(25)29/h6-7,10-15,23,26,31,33H,2-5,8-9,16-22H2,1H3,(H,34,38)/t31-/m1/s1. The Morgan fingerprint density at radius 3 is 2.58 bits per heavy atom. The molecule has 1 saturated carbocycles. The van der Waals surface area contributed by atoms with Gasteiger partial charge in [0.15, 0.2) is 0 Å². The average molecular weight is 547 g/mol. The second-order valence-corrected chi connectivity index (χ2v) is 10.8. The summed E-state index contributed by atoms with van der Waals surface area (Å²) in [7, 11) is 0. The highest BCUT2D eigenvalue weighted by molar-refractivity contribution is 5.92. The van der Waals surface area contributed by atoms with Crippen molar-refractivity contribution in [3.8, 4) is 5.75 Å². The number of aromatic nitrogens is 1. The van der Waals surface area contributed by atoms with Gasteiger partial charge in [-0.1, -0.05) is 49.6 Å². The fraction of sp³-hybridized carbons (Fsp3) is 0.500. The van der Waals surface area contributed by atoms with Crippen LogP contribution in [0.2, 0.25) is 0 Å². The Kier molecular flexibility index (Phi) is 9.73. The third kappa shape index (κ3) is 7.04. The van der Waals surface area contributed by atoms with Crippen molar-refractivity contribution in [1.29, 1.82) is 0 Å². The fourth-order valence-electron chi connectivity index (χ4n) is 5.93. The second kappa shape index (κ2) is 13.8. The summed E-state index contributed by atoms with van der Waals surface area (Å²) < 4.78 is 11.2. The monoisotopic (exact) mass is 546 g/mol. The molecule has 5 rings (SSSR count). The van der Waals surface area contributed by atoms with Crippen LogP contribution in [0.5, 0.6) is 5.75 Å². The molecule has 3 aromatic rings. The van der Waals surface area contributed by atoms with Crippen LogP contribution in [0.4, 0.5) is 0 Å². The minimum atomic E-state index is -0.726. The number of benzene rings is 2. The normalized spacial score (nSPS) is 17.4. The van der Waals surface area contributed by atoms with E-state index in [4.69, 9.17) is 9.47 Å². The zero-order valence-corrected chi connectivity index (χ0v) is 23.6. The predicted molar refractivity (Wildman–Crippen MR) is 156 cm³/mol. The average Bonchev–Trinajstić information content (AvgIpc) is 3.39. The number of nitrogens with zero attached hydrogens (tertiary/aromatic N) is 2. The van der Waals surface area contributed by atoms with Gasteiger partial charge in [-0.05, 0) is 49.1 Å². The third-order valence-corrected chi connectivity index (χ3v) is 8.12. The van der Waals surface area contributed by atoms with E-state index in [0.717, 1.165) is 66.6 Å². The zero-order valence-electron chi connectivity index (χ0n) is 23.6. The van der Waals surface area contributed by atoms with Crippen LogP contribution in [0.15, 0.2) is 54.7 Å². The number of amides is 2. The highest BCUT2D eigenvalue weighted by Gasteiger charge is 2.33. The molecule has 1 atom stereocenters. The number of carbonyl (C=O) groups excluding carboxylic acids is 2. The van der Waals surface area contributed by atoms with Crippen molar-refractivity contribution in [2.75, 3.05) is 46.0 Å². The summed E-state index contributed by atoms with van der Waals surface area (Å²) in [6.45, 7) is 6.69. The molecule has 1 aliphatic carbocycles. The molecule has 2 aliphatic rings. The van der Waals surface area contributed by atoms with E-state index in [1.165, 1.54) is 6.42 Å². The summed E-state index contributed by atoms with van der Waals surface area (Å²) in [5, 5.41) is 4.35. The van der Waals surface area contributed by atoms with Crippen molar-refractivity contribution in [3.63, 3.8) is 0 Å². The Morgan fingerprint density at radius 2 is 1.82 bits per heavy atom. The Morgan fingerprint density at radius 1 is 1.07 bits per heavy atom. The molecule has 214 valence electrons. The minimum absolute atomic E-state index is 0.0595. The third-order valence-electron chi connectivity index (χ3n) is 8.12. The van der Waals surface area contributed by atoms with E-state index in [9.17, 15) is 9.59 Å². The number of carbonyl (C=O) groups is 2. The number of fused-ring (bicyclic) bond motifs is 1. The van der Waals surface area contributed by atoms with Crippen molar-refractivity contribution < 1.29 is 19.1 Å². The van der Waals surface area contributed by atoms with Crippen LogP contribution in [-0.2, 0) is 20.7 Å². The van der Waals surface area contributed by atoms with E-state index in [1.54, 1.807) is 4.90 Å². The summed E-state index contributed by atoms with van der Waals surface area (Å²) in [5.41, 5.74) is 2.74. The number of para-hydroxylation sites is 1. The van der Waals surface area contributed by atoms with Crippen LogP contribution in [0, 0.1) is 0 Å². The molecule has 40 heavy (non-hydrogen) atoms. The largest absolute Gasteiger partial charge is 0.494 e. The highest BCUT2D eigenvalue weighted by atomic mass is 16.5. The van der Waals surface area contributed by atoms with E-state index in [0.29, 0.717) is 32.9 Å². The molecule has 2 N–H and O–H groups in total. The van der Waals surface area contributed by atoms with Gasteiger partial charge in [-0.25, -0.2) is 0 Å². The molecule has 8 nitrogen and oxygen atoms in total. The first-order valence-corrected chi connectivity index (χ1v) is 14.8. The summed E-state index contributed by atoms with van der Waals surface area (Å²) >= 11 is 0. The van der Waals surface area contributed by atoms with Crippen molar-refractivity contribution in [2.24, 2.45) is 0 Å². The number of aromatic amines is 1. The Hall–Kier alpha value is -3.36.